The van der Waals surface area contributed by atoms with Crippen LogP contribution in [-0.4, -0.2) is 42.7 Å². The zero-order chi connectivity index (χ0) is 14.7. The van der Waals surface area contributed by atoms with Crippen LogP contribution in [-0.2, 0) is 4.74 Å². The van der Waals surface area contributed by atoms with Crippen LogP contribution in [0, 0.1) is 0 Å². The highest BCUT2D eigenvalue weighted by molar-refractivity contribution is 5.97. The number of hydrogen-bond donors (Lipinski definition) is 0. The number of amides is 1. The van der Waals surface area contributed by atoms with Gasteiger partial charge in [0.2, 0.25) is 0 Å². The molecule has 1 amide bonds. The van der Waals surface area contributed by atoms with Crippen LogP contribution in [0.3, 0.4) is 0 Å². The van der Waals surface area contributed by atoms with Crippen molar-refractivity contribution < 1.29 is 14.3 Å². The van der Waals surface area contributed by atoms with E-state index in [0.29, 0.717) is 17.9 Å². The fraction of sp³-hybridized carbons (Fsp3) is 0.588. The lowest BCUT2D eigenvalue weighted by molar-refractivity contribution is 0.0130. The average molecular weight is 289 g/mol. The summed E-state index contributed by atoms with van der Waals surface area (Å²) in [5, 5.41) is 0. The molecule has 0 N–H and O–H groups in total. The lowest BCUT2D eigenvalue weighted by atomic mass is 10.1. The smallest absolute Gasteiger partial charge is 0.258 e. The van der Waals surface area contributed by atoms with Crippen LogP contribution in [0.1, 0.15) is 43.0 Å². The Kier molecular flexibility index (Phi) is 4.44. The second-order valence-electron chi connectivity index (χ2n) is 5.78. The Hall–Kier alpha value is -1.55. The molecular formula is C17H23NO3. The Morgan fingerprint density at radius 2 is 2.19 bits per heavy atom. The van der Waals surface area contributed by atoms with E-state index >= 15 is 0 Å². The van der Waals surface area contributed by atoms with Crippen LogP contribution in [0.25, 0.3) is 0 Å². The molecule has 1 aromatic carbocycles. The minimum absolute atomic E-state index is 0.0477. The molecule has 114 valence electrons. The quantitative estimate of drug-likeness (QED) is 0.782. The Morgan fingerprint density at radius 3 is 3.05 bits per heavy atom. The molecule has 1 aromatic rings. The van der Waals surface area contributed by atoms with Gasteiger partial charge in [0, 0.05) is 13.2 Å². The number of para-hydroxylation sites is 1. The largest absolute Gasteiger partial charge is 0.490 e. The van der Waals surface area contributed by atoms with Crippen molar-refractivity contribution in [3.63, 3.8) is 0 Å². The molecule has 2 atom stereocenters. The van der Waals surface area contributed by atoms with Gasteiger partial charge in [-0.25, -0.2) is 0 Å². The van der Waals surface area contributed by atoms with E-state index < -0.39 is 0 Å². The number of rotatable bonds is 5. The number of nitrogens with zero attached hydrogens (tertiary/aromatic N) is 1. The second-order valence-corrected chi connectivity index (χ2v) is 5.78. The van der Waals surface area contributed by atoms with Gasteiger partial charge in [-0.05, 0) is 25.0 Å². The van der Waals surface area contributed by atoms with E-state index in [2.05, 4.69) is 6.92 Å². The first-order chi connectivity index (χ1) is 10.3. The average Bonchev–Trinajstić information content (AvgIpc) is 2.86. The molecule has 0 aromatic heterocycles. The standard InChI is InChI=1S/C17H23NO3/c1-2-3-6-11-20-16-9-10-18-14(16)12-21-15-8-5-4-7-13(15)17(18)19/h4-5,7-8,14,16H,2-3,6,9-12H2,1H3. The molecule has 0 bridgehead atoms. The zero-order valence-corrected chi connectivity index (χ0v) is 12.6. The van der Waals surface area contributed by atoms with Crippen molar-refractivity contribution in [2.75, 3.05) is 19.8 Å². The molecule has 21 heavy (non-hydrogen) atoms. The first kappa shape index (κ1) is 14.4. The summed E-state index contributed by atoms with van der Waals surface area (Å²) in [6.45, 7) is 4.26. The maximum Gasteiger partial charge on any atom is 0.258 e. The van der Waals surface area contributed by atoms with E-state index in [1.165, 1.54) is 12.8 Å². The maximum absolute atomic E-state index is 12.6. The van der Waals surface area contributed by atoms with Gasteiger partial charge in [-0.1, -0.05) is 31.9 Å². The highest BCUT2D eigenvalue weighted by atomic mass is 16.5. The van der Waals surface area contributed by atoms with Gasteiger partial charge >= 0.3 is 0 Å². The van der Waals surface area contributed by atoms with Crippen LogP contribution in [0.2, 0.25) is 0 Å². The molecule has 1 saturated heterocycles. The first-order valence-corrected chi connectivity index (χ1v) is 7.95. The molecule has 4 heteroatoms. The van der Waals surface area contributed by atoms with Gasteiger partial charge in [-0.2, -0.15) is 0 Å². The lowest BCUT2D eigenvalue weighted by Crippen LogP contribution is -2.42. The number of hydrogen-bond acceptors (Lipinski definition) is 3. The molecule has 2 aliphatic heterocycles. The van der Waals surface area contributed by atoms with Gasteiger partial charge in [0.25, 0.3) is 5.91 Å². The van der Waals surface area contributed by atoms with E-state index in [1.807, 2.05) is 29.2 Å². The van der Waals surface area contributed by atoms with E-state index in [0.717, 1.165) is 26.0 Å². The van der Waals surface area contributed by atoms with Crippen LogP contribution >= 0.6 is 0 Å². The summed E-state index contributed by atoms with van der Waals surface area (Å²) in [5.74, 6) is 0.773. The minimum Gasteiger partial charge on any atom is -0.490 e. The molecule has 2 heterocycles. The van der Waals surface area contributed by atoms with Gasteiger partial charge in [-0.3, -0.25) is 4.79 Å². The summed E-state index contributed by atoms with van der Waals surface area (Å²) in [5.41, 5.74) is 0.673. The number of fused-ring (bicyclic) bond motifs is 2. The highest BCUT2D eigenvalue weighted by Gasteiger charge is 2.41. The minimum atomic E-state index is 0.0477. The number of ether oxygens (including phenoxy) is 2. The van der Waals surface area contributed by atoms with Gasteiger partial charge in [0.05, 0.1) is 17.7 Å². The Labute approximate surface area is 126 Å². The molecule has 4 nitrogen and oxygen atoms in total. The summed E-state index contributed by atoms with van der Waals surface area (Å²) in [4.78, 5) is 14.6. The Balaban J connectivity index is 1.68. The molecule has 1 fully saturated rings. The van der Waals surface area contributed by atoms with Gasteiger partial charge < -0.3 is 14.4 Å². The predicted octanol–water partition coefficient (Wildman–Crippen LogP) is 2.87. The summed E-state index contributed by atoms with van der Waals surface area (Å²) in [6, 6.07) is 7.55. The van der Waals surface area contributed by atoms with E-state index in [9.17, 15) is 4.79 Å². The van der Waals surface area contributed by atoms with E-state index in [-0.39, 0.29) is 18.1 Å². The van der Waals surface area contributed by atoms with Crippen molar-refractivity contribution >= 4 is 5.91 Å². The lowest BCUT2D eigenvalue weighted by Gasteiger charge is -2.25. The number of unbranched alkanes of at least 4 members (excludes halogenated alkanes) is 2. The number of carbonyl (C=O) groups is 1. The molecule has 3 rings (SSSR count). The van der Waals surface area contributed by atoms with E-state index in [1.54, 1.807) is 0 Å². The van der Waals surface area contributed by atoms with Crippen LogP contribution < -0.4 is 4.74 Å². The summed E-state index contributed by atoms with van der Waals surface area (Å²) in [7, 11) is 0. The Bertz CT molecular complexity index is 503. The van der Waals surface area contributed by atoms with Crippen LogP contribution in [0.4, 0.5) is 0 Å². The van der Waals surface area contributed by atoms with Crippen LogP contribution in [0.5, 0.6) is 5.75 Å². The maximum atomic E-state index is 12.6. The van der Waals surface area contributed by atoms with Crippen molar-refractivity contribution in [3.8, 4) is 5.75 Å². The monoisotopic (exact) mass is 289 g/mol. The fourth-order valence-corrected chi connectivity index (χ4v) is 3.15. The molecule has 0 aliphatic carbocycles. The van der Waals surface area contributed by atoms with Crippen molar-refractivity contribution in [2.24, 2.45) is 0 Å². The second kappa shape index (κ2) is 6.48. The van der Waals surface area contributed by atoms with Gasteiger partial charge in [-0.15, -0.1) is 0 Å². The molecule has 2 aliphatic rings. The molecule has 2 unspecified atom stereocenters. The van der Waals surface area contributed by atoms with Crippen molar-refractivity contribution in [1.82, 2.24) is 4.90 Å². The predicted molar refractivity (Wildman–Crippen MR) is 80.6 cm³/mol. The molecular weight excluding hydrogens is 266 g/mol. The van der Waals surface area contributed by atoms with Crippen LogP contribution in [0.15, 0.2) is 24.3 Å². The normalized spacial score (nSPS) is 24.2. The zero-order valence-electron chi connectivity index (χ0n) is 12.6. The number of carbonyl (C=O) groups excluding carboxylic acids is 1. The third-order valence-corrected chi connectivity index (χ3v) is 4.35. The molecule has 0 spiro atoms. The molecule has 0 radical (unpaired) electrons. The van der Waals surface area contributed by atoms with Crippen molar-refractivity contribution in [1.29, 1.82) is 0 Å². The Morgan fingerprint density at radius 1 is 1.33 bits per heavy atom. The molecule has 0 saturated carbocycles. The number of benzene rings is 1. The first-order valence-electron chi connectivity index (χ1n) is 7.95. The highest BCUT2D eigenvalue weighted by Crippen LogP contribution is 2.30. The summed E-state index contributed by atoms with van der Waals surface area (Å²) in [6.07, 6.45) is 4.51. The van der Waals surface area contributed by atoms with Crippen molar-refractivity contribution in [2.45, 2.75) is 44.8 Å². The van der Waals surface area contributed by atoms with E-state index in [4.69, 9.17) is 9.47 Å². The third-order valence-electron chi connectivity index (χ3n) is 4.35. The van der Waals surface area contributed by atoms with Gasteiger partial charge in [0.15, 0.2) is 0 Å². The topological polar surface area (TPSA) is 38.8 Å². The summed E-state index contributed by atoms with van der Waals surface area (Å²) < 4.78 is 11.9. The SMILES string of the molecule is CCCCCOC1CCN2C(=O)c3ccccc3OCC12. The van der Waals surface area contributed by atoms with Gasteiger partial charge in [0.1, 0.15) is 12.4 Å². The third kappa shape index (κ3) is 2.91. The van der Waals surface area contributed by atoms with Crippen molar-refractivity contribution in [3.05, 3.63) is 29.8 Å². The fourth-order valence-electron chi connectivity index (χ4n) is 3.15. The summed E-state index contributed by atoms with van der Waals surface area (Å²) >= 11 is 0.